The minimum Gasteiger partial charge on any atom is -0.437 e. The van der Waals surface area contributed by atoms with E-state index in [9.17, 15) is 9.90 Å². The van der Waals surface area contributed by atoms with Crippen LogP contribution in [0.15, 0.2) is 30.6 Å². The van der Waals surface area contributed by atoms with Gasteiger partial charge in [-0.15, -0.1) is 0 Å². The second-order valence-electron chi connectivity index (χ2n) is 6.38. The number of nitrogens with zero attached hydrogens (tertiary/aromatic N) is 2. The minimum atomic E-state index is -0.444. The van der Waals surface area contributed by atoms with Gasteiger partial charge in [0, 0.05) is 12.7 Å². The minimum absolute atomic E-state index is 0.190. The van der Waals surface area contributed by atoms with Crippen molar-refractivity contribution in [1.29, 1.82) is 0 Å². The Morgan fingerprint density at radius 3 is 3.19 bits per heavy atom. The molecule has 0 aliphatic heterocycles. The smallest absolute Gasteiger partial charge is 0.255 e. The third-order valence-corrected chi connectivity index (χ3v) is 4.52. The lowest BCUT2D eigenvalue weighted by Crippen LogP contribution is -2.23. The molecule has 1 unspecified atom stereocenters. The number of amides is 1. The second-order valence-corrected chi connectivity index (χ2v) is 6.38. The number of aromatic amines is 1. The molecule has 7 nitrogen and oxygen atoms in total. The summed E-state index contributed by atoms with van der Waals surface area (Å²) in [6.45, 7) is 2.60. The van der Waals surface area contributed by atoms with E-state index in [0.717, 1.165) is 30.4 Å². The molecule has 1 aliphatic carbocycles. The molecular formula is C19H20N4O3. The van der Waals surface area contributed by atoms with Crippen molar-refractivity contribution in [2.24, 2.45) is 0 Å². The lowest BCUT2D eigenvalue weighted by atomic mass is 10.1. The Hall–Kier alpha value is -2.93. The average molecular weight is 352 g/mol. The van der Waals surface area contributed by atoms with E-state index in [1.165, 1.54) is 6.20 Å². The van der Waals surface area contributed by atoms with Crippen molar-refractivity contribution in [1.82, 2.24) is 20.3 Å². The summed E-state index contributed by atoms with van der Waals surface area (Å²) in [5.41, 5.74) is 3.49. The Balaban J connectivity index is 1.61. The van der Waals surface area contributed by atoms with Gasteiger partial charge >= 0.3 is 0 Å². The number of aromatic nitrogens is 3. The summed E-state index contributed by atoms with van der Waals surface area (Å²) in [5, 5.41) is 12.9. The third-order valence-electron chi connectivity index (χ3n) is 4.52. The first-order valence-electron chi connectivity index (χ1n) is 8.76. The molecule has 2 heterocycles. The van der Waals surface area contributed by atoms with Gasteiger partial charge in [-0.25, -0.2) is 9.97 Å². The summed E-state index contributed by atoms with van der Waals surface area (Å²) in [5.74, 6) is 0.699. The van der Waals surface area contributed by atoms with Gasteiger partial charge in [0.1, 0.15) is 11.3 Å². The Labute approximate surface area is 150 Å². The number of aryl methyl sites for hydroxylation is 1. The summed E-state index contributed by atoms with van der Waals surface area (Å²) in [7, 11) is 0. The maximum atomic E-state index is 12.2. The van der Waals surface area contributed by atoms with Gasteiger partial charge in [-0.3, -0.25) is 4.79 Å². The molecule has 3 N–H and O–H groups in total. The first-order chi connectivity index (χ1) is 12.7. The van der Waals surface area contributed by atoms with Gasteiger partial charge in [-0.1, -0.05) is 13.0 Å². The van der Waals surface area contributed by atoms with Crippen molar-refractivity contribution in [3.8, 4) is 11.6 Å². The molecule has 3 aromatic rings. The molecule has 0 bridgehead atoms. The molecular weight excluding hydrogens is 332 g/mol. The third kappa shape index (κ3) is 3.01. The molecule has 1 aliphatic rings. The zero-order chi connectivity index (χ0) is 18.1. The van der Waals surface area contributed by atoms with Crippen molar-refractivity contribution in [2.45, 2.75) is 32.3 Å². The first-order valence-corrected chi connectivity index (χ1v) is 8.76. The van der Waals surface area contributed by atoms with Crippen molar-refractivity contribution in [3.63, 3.8) is 0 Å². The van der Waals surface area contributed by atoms with Crippen LogP contribution in [0, 0.1) is 0 Å². The van der Waals surface area contributed by atoms with Crippen molar-refractivity contribution in [3.05, 3.63) is 47.3 Å². The number of ether oxygens (including phenoxy) is 1. The number of aliphatic hydroxyl groups excluding tert-OH is 1. The van der Waals surface area contributed by atoms with Crippen LogP contribution >= 0.6 is 0 Å². The predicted molar refractivity (Wildman–Crippen MR) is 96.3 cm³/mol. The van der Waals surface area contributed by atoms with Crippen LogP contribution in [0.1, 0.15) is 47.4 Å². The number of H-pyrrole nitrogens is 1. The van der Waals surface area contributed by atoms with Crippen LogP contribution in [-0.2, 0) is 6.42 Å². The molecule has 134 valence electrons. The zero-order valence-corrected chi connectivity index (χ0v) is 14.5. The number of benzene rings is 1. The number of carbonyl (C=O) groups excluding carboxylic acids is 1. The maximum absolute atomic E-state index is 12.2. The summed E-state index contributed by atoms with van der Waals surface area (Å²) >= 11 is 0. The van der Waals surface area contributed by atoms with Crippen molar-refractivity contribution >= 4 is 17.1 Å². The van der Waals surface area contributed by atoms with Crippen molar-refractivity contribution in [2.75, 3.05) is 6.54 Å². The SMILES string of the molecule is CCCNC(=O)c1c[nH]c2ncc(Oc3ccc4c(c3)C(O)CC4)nc12. The van der Waals surface area contributed by atoms with Crippen LogP contribution in [0.5, 0.6) is 11.6 Å². The molecule has 4 rings (SSSR count). The standard InChI is InChI=1S/C19H20N4O3/c1-2-7-20-19(25)14-9-21-18-17(14)23-16(10-22-18)26-12-5-3-11-4-6-15(24)13(11)8-12/h3,5,8-10,15,24H,2,4,6-7H2,1H3,(H,20,25)(H,21,22). The molecule has 0 fully saturated rings. The molecule has 0 saturated carbocycles. The van der Waals surface area contributed by atoms with Crippen LogP contribution in [-0.4, -0.2) is 32.5 Å². The second kappa shape index (κ2) is 6.76. The van der Waals surface area contributed by atoms with Gasteiger partial charge in [0.25, 0.3) is 5.91 Å². The number of fused-ring (bicyclic) bond motifs is 2. The van der Waals surface area contributed by atoms with E-state index in [2.05, 4.69) is 20.3 Å². The van der Waals surface area contributed by atoms with Crippen molar-refractivity contribution < 1.29 is 14.6 Å². The molecule has 0 radical (unpaired) electrons. The predicted octanol–water partition coefficient (Wildman–Crippen LogP) is 2.87. The molecule has 7 heteroatoms. The van der Waals surface area contributed by atoms with E-state index < -0.39 is 6.10 Å². The highest BCUT2D eigenvalue weighted by molar-refractivity contribution is 6.04. The molecule has 2 aromatic heterocycles. The number of carbonyl (C=O) groups is 1. The van der Waals surface area contributed by atoms with E-state index in [1.807, 2.05) is 25.1 Å². The lowest BCUT2D eigenvalue weighted by Gasteiger charge is -2.09. The van der Waals surface area contributed by atoms with Gasteiger partial charge in [0.15, 0.2) is 5.65 Å². The number of nitrogens with one attached hydrogen (secondary N) is 2. The monoisotopic (exact) mass is 352 g/mol. The zero-order valence-electron chi connectivity index (χ0n) is 14.5. The fourth-order valence-electron chi connectivity index (χ4n) is 3.17. The summed E-state index contributed by atoms with van der Waals surface area (Å²) < 4.78 is 5.82. The van der Waals surface area contributed by atoms with E-state index >= 15 is 0 Å². The average Bonchev–Trinajstić information content (AvgIpc) is 3.23. The van der Waals surface area contributed by atoms with E-state index in [-0.39, 0.29) is 5.91 Å². The van der Waals surface area contributed by atoms with E-state index in [1.54, 1.807) is 6.20 Å². The van der Waals surface area contributed by atoms with E-state index in [0.29, 0.717) is 34.9 Å². The van der Waals surface area contributed by atoms with Gasteiger partial charge in [-0.2, -0.15) is 0 Å². The van der Waals surface area contributed by atoms with Crippen LogP contribution in [0.2, 0.25) is 0 Å². The quantitative estimate of drug-likeness (QED) is 0.655. The fraction of sp³-hybridized carbons (Fsp3) is 0.316. The number of rotatable bonds is 5. The number of aliphatic hydroxyl groups is 1. The number of hydrogen-bond donors (Lipinski definition) is 3. The number of hydrogen-bond acceptors (Lipinski definition) is 5. The molecule has 1 aromatic carbocycles. The van der Waals surface area contributed by atoms with Gasteiger partial charge in [0.2, 0.25) is 5.88 Å². The maximum Gasteiger partial charge on any atom is 0.255 e. The Morgan fingerprint density at radius 2 is 2.35 bits per heavy atom. The largest absolute Gasteiger partial charge is 0.437 e. The normalized spacial score (nSPS) is 15.8. The van der Waals surface area contributed by atoms with Crippen LogP contribution in [0.3, 0.4) is 0 Å². The summed E-state index contributed by atoms with van der Waals surface area (Å²) in [4.78, 5) is 23.9. The fourth-order valence-corrected chi connectivity index (χ4v) is 3.17. The molecule has 0 spiro atoms. The van der Waals surface area contributed by atoms with E-state index in [4.69, 9.17) is 4.74 Å². The highest BCUT2D eigenvalue weighted by atomic mass is 16.5. The highest BCUT2D eigenvalue weighted by Crippen LogP contribution is 2.34. The van der Waals surface area contributed by atoms with Crippen LogP contribution in [0.25, 0.3) is 11.2 Å². The summed E-state index contributed by atoms with van der Waals surface area (Å²) in [6.07, 6.45) is 5.15. The Morgan fingerprint density at radius 1 is 1.46 bits per heavy atom. The molecule has 0 saturated heterocycles. The molecule has 1 atom stereocenters. The van der Waals surface area contributed by atoms with Gasteiger partial charge in [0.05, 0.1) is 17.9 Å². The van der Waals surface area contributed by atoms with Gasteiger partial charge < -0.3 is 20.1 Å². The lowest BCUT2D eigenvalue weighted by molar-refractivity contribution is 0.0955. The van der Waals surface area contributed by atoms with Crippen LogP contribution < -0.4 is 10.1 Å². The molecule has 1 amide bonds. The van der Waals surface area contributed by atoms with Crippen LogP contribution in [0.4, 0.5) is 0 Å². The first kappa shape index (κ1) is 16.5. The topological polar surface area (TPSA) is 100 Å². The highest BCUT2D eigenvalue weighted by Gasteiger charge is 2.21. The Kier molecular flexibility index (Phi) is 4.30. The Bertz CT molecular complexity index is 967. The summed E-state index contributed by atoms with van der Waals surface area (Å²) in [6, 6.07) is 5.66. The van der Waals surface area contributed by atoms with Gasteiger partial charge in [-0.05, 0) is 42.5 Å². The molecule has 26 heavy (non-hydrogen) atoms.